The number of benzene rings is 4. The Morgan fingerprint density at radius 1 is 0.675 bits per heavy atom. The molecule has 0 saturated heterocycles. The van der Waals surface area contributed by atoms with Gasteiger partial charge in [-0.1, -0.05) is 103 Å². The van der Waals surface area contributed by atoms with Gasteiger partial charge in [0.2, 0.25) is 5.91 Å². The lowest BCUT2D eigenvalue weighted by Gasteiger charge is -2.29. The average Bonchev–Trinajstić information content (AvgIpc) is 3.40. The molecular formula is C34H29F3N2O. The molecule has 4 aromatic carbocycles. The standard InChI is InChI=1S/C34H29F3N2O/c35-34(36,37)30-19-10-14-27(22-30)24-38-21-11-20-31(38)25-39(23-26-12-4-1-5-13-26)33(40)32(28-15-6-2-7-16-28)29-17-8-3-9-18-29/h1-22,32H,23-25H2. The largest absolute Gasteiger partial charge is 0.416 e. The van der Waals surface area contributed by atoms with Crippen LogP contribution in [0.25, 0.3) is 0 Å². The fourth-order valence-corrected chi connectivity index (χ4v) is 4.95. The van der Waals surface area contributed by atoms with Crippen molar-refractivity contribution in [2.45, 2.75) is 31.7 Å². The molecule has 3 nitrogen and oxygen atoms in total. The first-order chi connectivity index (χ1) is 19.4. The van der Waals surface area contributed by atoms with E-state index in [1.54, 1.807) is 6.07 Å². The van der Waals surface area contributed by atoms with Crippen LogP contribution in [-0.2, 0) is 30.6 Å². The maximum absolute atomic E-state index is 14.4. The van der Waals surface area contributed by atoms with Gasteiger partial charge in [-0.05, 0) is 46.5 Å². The lowest BCUT2D eigenvalue weighted by Crippen LogP contribution is -2.35. The third kappa shape index (κ3) is 6.52. The fourth-order valence-electron chi connectivity index (χ4n) is 4.95. The Balaban J connectivity index is 1.48. The highest BCUT2D eigenvalue weighted by Gasteiger charge is 2.31. The van der Waals surface area contributed by atoms with Gasteiger partial charge in [0.1, 0.15) is 0 Å². The van der Waals surface area contributed by atoms with Gasteiger partial charge >= 0.3 is 6.18 Å². The minimum Gasteiger partial charge on any atom is -0.345 e. The van der Waals surface area contributed by atoms with E-state index in [0.717, 1.165) is 28.5 Å². The summed E-state index contributed by atoms with van der Waals surface area (Å²) in [6, 6.07) is 38.4. The van der Waals surface area contributed by atoms with E-state index < -0.39 is 17.7 Å². The summed E-state index contributed by atoms with van der Waals surface area (Å²) in [5.74, 6) is -0.550. The van der Waals surface area contributed by atoms with E-state index in [-0.39, 0.29) is 12.5 Å². The van der Waals surface area contributed by atoms with Gasteiger partial charge in [0.05, 0.1) is 18.0 Å². The van der Waals surface area contributed by atoms with E-state index in [4.69, 9.17) is 0 Å². The Bertz CT molecular complexity index is 1490. The zero-order chi connectivity index (χ0) is 28.0. The first-order valence-corrected chi connectivity index (χ1v) is 13.1. The Kier molecular flexibility index (Phi) is 8.15. The number of carbonyl (C=O) groups is 1. The number of hydrogen-bond acceptors (Lipinski definition) is 1. The van der Waals surface area contributed by atoms with Crippen molar-refractivity contribution in [2.75, 3.05) is 0 Å². The molecule has 0 aliphatic rings. The first kappa shape index (κ1) is 27.0. The molecular weight excluding hydrogens is 509 g/mol. The number of aromatic nitrogens is 1. The van der Waals surface area contributed by atoms with Crippen LogP contribution in [0.3, 0.4) is 0 Å². The maximum Gasteiger partial charge on any atom is 0.416 e. The molecule has 1 aromatic heterocycles. The number of hydrogen-bond donors (Lipinski definition) is 0. The van der Waals surface area contributed by atoms with Gasteiger partial charge in [0, 0.05) is 25.0 Å². The molecule has 5 rings (SSSR count). The molecule has 0 radical (unpaired) electrons. The highest BCUT2D eigenvalue weighted by Crippen LogP contribution is 2.31. The zero-order valence-electron chi connectivity index (χ0n) is 21.8. The molecule has 0 bridgehead atoms. The summed E-state index contributed by atoms with van der Waals surface area (Å²) in [5, 5.41) is 0. The third-order valence-corrected chi connectivity index (χ3v) is 6.92. The van der Waals surface area contributed by atoms with Gasteiger partial charge in [-0.15, -0.1) is 0 Å². The van der Waals surface area contributed by atoms with Crippen LogP contribution in [0.15, 0.2) is 134 Å². The number of carbonyl (C=O) groups excluding carboxylic acids is 1. The van der Waals surface area contributed by atoms with Crippen LogP contribution in [0.4, 0.5) is 13.2 Å². The van der Waals surface area contributed by atoms with Crippen molar-refractivity contribution in [1.29, 1.82) is 0 Å². The van der Waals surface area contributed by atoms with Crippen molar-refractivity contribution < 1.29 is 18.0 Å². The van der Waals surface area contributed by atoms with Gasteiger partial charge in [0.15, 0.2) is 0 Å². The van der Waals surface area contributed by atoms with Crippen LogP contribution in [0.1, 0.15) is 39.4 Å². The first-order valence-electron chi connectivity index (χ1n) is 13.1. The molecule has 0 atom stereocenters. The quantitative estimate of drug-likeness (QED) is 0.187. The van der Waals surface area contributed by atoms with E-state index >= 15 is 0 Å². The van der Waals surface area contributed by atoms with Crippen LogP contribution in [0, 0.1) is 0 Å². The van der Waals surface area contributed by atoms with Crippen LogP contribution in [0.2, 0.25) is 0 Å². The summed E-state index contributed by atoms with van der Waals surface area (Å²) in [6.45, 7) is 0.959. The molecule has 0 spiro atoms. The van der Waals surface area contributed by atoms with Crippen molar-refractivity contribution in [3.8, 4) is 0 Å². The van der Waals surface area contributed by atoms with Crippen molar-refractivity contribution in [3.63, 3.8) is 0 Å². The lowest BCUT2D eigenvalue weighted by atomic mass is 9.89. The summed E-state index contributed by atoms with van der Waals surface area (Å²) >= 11 is 0. The van der Waals surface area contributed by atoms with Gasteiger partial charge < -0.3 is 9.47 Å². The van der Waals surface area contributed by atoms with Crippen molar-refractivity contribution in [2.24, 2.45) is 0 Å². The Hall–Kier alpha value is -4.58. The third-order valence-electron chi connectivity index (χ3n) is 6.92. The molecule has 5 aromatic rings. The zero-order valence-corrected chi connectivity index (χ0v) is 21.8. The molecule has 0 aliphatic heterocycles. The second kappa shape index (κ2) is 12.1. The van der Waals surface area contributed by atoms with Gasteiger partial charge in [-0.3, -0.25) is 4.79 Å². The molecule has 0 N–H and O–H groups in total. The second-order valence-corrected chi connectivity index (χ2v) is 9.76. The molecule has 0 fully saturated rings. The van der Waals surface area contributed by atoms with E-state index in [9.17, 15) is 18.0 Å². The maximum atomic E-state index is 14.4. The summed E-state index contributed by atoms with van der Waals surface area (Å²) < 4.78 is 41.8. The minimum absolute atomic E-state index is 0.0481. The van der Waals surface area contributed by atoms with Crippen molar-refractivity contribution >= 4 is 5.91 Å². The Labute approximate surface area is 232 Å². The van der Waals surface area contributed by atoms with E-state index in [1.807, 2.05) is 119 Å². The predicted octanol–water partition coefficient (Wildman–Crippen LogP) is 7.92. The molecule has 0 unspecified atom stereocenters. The topological polar surface area (TPSA) is 25.2 Å². The summed E-state index contributed by atoms with van der Waals surface area (Å²) in [4.78, 5) is 16.2. The monoisotopic (exact) mass is 538 g/mol. The number of amides is 1. The Morgan fingerprint density at radius 2 is 1.25 bits per heavy atom. The van der Waals surface area contributed by atoms with Crippen molar-refractivity contribution in [3.05, 3.63) is 167 Å². The summed E-state index contributed by atoms with van der Waals surface area (Å²) in [6.07, 6.45) is -2.56. The number of rotatable bonds is 9. The van der Waals surface area contributed by atoms with Gasteiger partial charge in [-0.25, -0.2) is 0 Å². The SMILES string of the molecule is O=C(C(c1ccccc1)c1ccccc1)N(Cc1ccccc1)Cc1cccn1Cc1cccc(C(F)(F)F)c1. The second-order valence-electron chi connectivity index (χ2n) is 9.76. The van der Waals surface area contributed by atoms with Crippen LogP contribution in [-0.4, -0.2) is 15.4 Å². The molecule has 0 aliphatic carbocycles. The van der Waals surface area contributed by atoms with Gasteiger partial charge in [-0.2, -0.15) is 13.2 Å². The molecule has 6 heteroatoms. The number of nitrogens with zero attached hydrogens (tertiary/aromatic N) is 2. The summed E-state index contributed by atoms with van der Waals surface area (Å²) in [7, 11) is 0. The molecule has 0 saturated carbocycles. The predicted molar refractivity (Wildman–Crippen MR) is 150 cm³/mol. The highest BCUT2D eigenvalue weighted by atomic mass is 19.4. The van der Waals surface area contributed by atoms with Crippen LogP contribution in [0.5, 0.6) is 0 Å². The van der Waals surface area contributed by atoms with Crippen LogP contribution < -0.4 is 0 Å². The molecule has 202 valence electrons. The molecule has 40 heavy (non-hydrogen) atoms. The Morgan fingerprint density at radius 3 is 1.85 bits per heavy atom. The van der Waals surface area contributed by atoms with E-state index in [2.05, 4.69) is 0 Å². The fraction of sp³-hybridized carbons (Fsp3) is 0.147. The normalized spacial score (nSPS) is 11.5. The molecule has 1 heterocycles. The van der Waals surface area contributed by atoms with Gasteiger partial charge in [0.25, 0.3) is 0 Å². The van der Waals surface area contributed by atoms with E-state index in [0.29, 0.717) is 18.7 Å². The average molecular weight is 539 g/mol. The smallest absolute Gasteiger partial charge is 0.345 e. The highest BCUT2D eigenvalue weighted by molar-refractivity contribution is 5.87. The number of alkyl halides is 3. The minimum atomic E-state index is -4.40. The van der Waals surface area contributed by atoms with E-state index in [1.165, 1.54) is 12.1 Å². The molecule has 1 amide bonds. The number of halogens is 3. The summed E-state index contributed by atoms with van der Waals surface area (Å²) in [5.41, 5.74) is 3.49. The van der Waals surface area contributed by atoms with Crippen LogP contribution >= 0.6 is 0 Å². The lowest BCUT2D eigenvalue weighted by molar-refractivity contribution is -0.137. The van der Waals surface area contributed by atoms with Crippen molar-refractivity contribution in [1.82, 2.24) is 9.47 Å².